The molecular weight excluding hydrogens is 250 g/mol. The molecule has 2 aromatic carbocycles. The lowest BCUT2D eigenvalue weighted by molar-refractivity contribution is 0.432. The molecule has 1 N–H and O–H groups in total. The molecule has 0 fully saturated rings. The van der Waals surface area contributed by atoms with Crippen LogP contribution >= 0.6 is 0 Å². The Morgan fingerprint density at radius 3 is 2.70 bits per heavy atom. The molecule has 4 heteroatoms. The number of nitrogens with one attached hydrogen (secondary N) is 1. The number of nitrogens with zero attached hydrogens (tertiary/aromatic N) is 2. The Balaban J connectivity index is 1.84. The molecule has 0 amide bonds. The minimum absolute atomic E-state index is 0.536. The maximum atomic E-state index is 5.41. The zero-order chi connectivity index (χ0) is 13.4. The average molecular weight is 261 g/mol. The highest BCUT2D eigenvalue weighted by Crippen LogP contribution is 2.28. The van der Waals surface area contributed by atoms with Crippen LogP contribution in [-0.4, -0.2) is 15.1 Å². The van der Waals surface area contributed by atoms with Gasteiger partial charge in [-0.15, -0.1) is 0 Å². The number of hydrogen-bond acceptors (Lipinski definition) is 3. The molecule has 0 bridgehead atoms. The Labute approximate surface area is 115 Å². The van der Waals surface area contributed by atoms with Crippen molar-refractivity contribution in [3.8, 4) is 22.8 Å². The first-order valence-electron chi connectivity index (χ1n) is 6.37. The van der Waals surface area contributed by atoms with Gasteiger partial charge in [0.15, 0.2) is 0 Å². The third-order valence-corrected chi connectivity index (χ3v) is 3.28. The van der Waals surface area contributed by atoms with E-state index in [1.807, 2.05) is 60.8 Å². The van der Waals surface area contributed by atoms with Crippen molar-refractivity contribution in [1.82, 2.24) is 15.1 Å². The highest BCUT2D eigenvalue weighted by Gasteiger charge is 2.13. The molecule has 4 aromatic rings. The van der Waals surface area contributed by atoms with Gasteiger partial charge >= 0.3 is 0 Å². The van der Waals surface area contributed by atoms with Crippen molar-refractivity contribution in [2.24, 2.45) is 0 Å². The Kier molecular flexibility index (Phi) is 2.39. The largest absolute Gasteiger partial charge is 0.361 e. The van der Waals surface area contributed by atoms with Gasteiger partial charge in [-0.2, -0.15) is 4.98 Å². The van der Waals surface area contributed by atoms with E-state index in [4.69, 9.17) is 4.52 Å². The maximum Gasteiger partial charge on any atom is 0.258 e. The second-order valence-electron chi connectivity index (χ2n) is 4.53. The molecule has 0 aliphatic heterocycles. The molecular formula is C16H11N3O. The van der Waals surface area contributed by atoms with Gasteiger partial charge < -0.3 is 9.51 Å². The van der Waals surface area contributed by atoms with Crippen LogP contribution in [0.25, 0.3) is 33.7 Å². The summed E-state index contributed by atoms with van der Waals surface area (Å²) < 4.78 is 5.41. The summed E-state index contributed by atoms with van der Waals surface area (Å²) in [4.78, 5) is 7.67. The number of rotatable bonds is 2. The Hall–Kier alpha value is -2.88. The number of benzene rings is 2. The second-order valence-corrected chi connectivity index (χ2v) is 4.53. The summed E-state index contributed by atoms with van der Waals surface area (Å²) in [6.45, 7) is 0. The molecule has 0 unspecified atom stereocenters. The summed E-state index contributed by atoms with van der Waals surface area (Å²) in [6.07, 6.45) is 1.91. The van der Waals surface area contributed by atoms with E-state index in [9.17, 15) is 0 Å². The van der Waals surface area contributed by atoms with Crippen LogP contribution in [0, 0.1) is 0 Å². The molecule has 0 spiro atoms. The lowest BCUT2D eigenvalue weighted by Crippen LogP contribution is -1.81. The van der Waals surface area contributed by atoms with Gasteiger partial charge in [-0.05, 0) is 18.2 Å². The fraction of sp³-hybridized carbons (Fsp3) is 0. The normalized spacial score (nSPS) is 11.0. The van der Waals surface area contributed by atoms with Crippen molar-refractivity contribution in [2.75, 3.05) is 0 Å². The first-order chi connectivity index (χ1) is 9.92. The molecule has 0 aliphatic carbocycles. The van der Waals surface area contributed by atoms with Gasteiger partial charge in [0.05, 0.1) is 0 Å². The van der Waals surface area contributed by atoms with Crippen molar-refractivity contribution in [2.45, 2.75) is 0 Å². The molecule has 0 saturated carbocycles. The van der Waals surface area contributed by atoms with Crippen molar-refractivity contribution in [1.29, 1.82) is 0 Å². The SMILES string of the molecule is c1ccc(-c2noc(-c3cccc4[nH]ccc34)n2)cc1. The highest BCUT2D eigenvalue weighted by molar-refractivity contribution is 5.93. The van der Waals surface area contributed by atoms with E-state index in [1.165, 1.54) is 0 Å². The quantitative estimate of drug-likeness (QED) is 0.595. The molecule has 0 saturated heterocycles. The van der Waals surface area contributed by atoms with Crippen LogP contribution in [0.3, 0.4) is 0 Å². The summed E-state index contributed by atoms with van der Waals surface area (Å²) >= 11 is 0. The standard InChI is InChI=1S/C16H11N3O/c1-2-5-11(6-3-1)15-18-16(20-19-15)13-7-4-8-14-12(13)9-10-17-14/h1-10,17H. The fourth-order valence-electron chi connectivity index (χ4n) is 2.31. The van der Waals surface area contributed by atoms with Crippen LogP contribution in [0.2, 0.25) is 0 Å². The predicted molar refractivity (Wildman–Crippen MR) is 77.0 cm³/mol. The van der Waals surface area contributed by atoms with Gasteiger partial charge in [0.1, 0.15) is 0 Å². The van der Waals surface area contributed by atoms with Crippen LogP contribution in [0.1, 0.15) is 0 Å². The number of aromatic amines is 1. The molecule has 4 nitrogen and oxygen atoms in total. The minimum atomic E-state index is 0.536. The summed E-state index contributed by atoms with van der Waals surface area (Å²) in [5.41, 5.74) is 2.95. The monoisotopic (exact) mass is 261 g/mol. The van der Waals surface area contributed by atoms with Gasteiger partial charge in [0.25, 0.3) is 5.89 Å². The van der Waals surface area contributed by atoms with Gasteiger partial charge in [-0.25, -0.2) is 0 Å². The fourth-order valence-corrected chi connectivity index (χ4v) is 2.31. The zero-order valence-electron chi connectivity index (χ0n) is 10.6. The van der Waals surface area contributed by atoms with Gasteiger partial charge in [0, 0.05) is 28.2 Å². The molecule has 2 aromatic heterocycles. The first-order valence-corrected chi connectivity index (χ1v) is 6.37. The second kappa shape index (κ2) is 4.35. The van der Waals surface area contributed by atoms with Crippen molar-refractivity contribution < 1.29 is 4.52 Å². The molecule has 0 aliphatic rings. The molecule has 0 atom stereocenters. The van der Waals surface area contributed by atoms with E-state index < -0.39 is 0 Å². The van der Waals surface area contributed by atoms with Crippen molar-refractivity contribution >= 4 is 10.9 Å². The van der Waals surface area contributed by atoms with E-state index in [0.29, 0.717) is 11.7 Å². The summed E-state index contributed by atoms with van der Waals surface area (Å²) in [6, 6.07) is 17.8. The Morgan fingerprint density at radius 1 is 0.900 bits per heavy atom. The lowest BCUT2D eigenvalue weighted by atomic mass is 10.1. The number of fused-ring (bicyclic) bond motifs is 1. The van der Waals surface area contributed by atoms with Gasteiger partial charge in [-0.1, -0.05) is 41.6 Å². The molecule has 2 heterocycles. The van der Waals surface area contributed by atoms with E-state index in [2.05, 4.69) is 15.1 Å². The molecule has 0 radical (unpaired) electrons. The van der Waals surface area contributed by atoms with Gasteiger partial charge in [-0.3, -0.25) is 0 Å². The Bertz CT molecular complexity index is 861. The van der Waals surface area contributed by atoms with Crippen LogP contribution in [0.5, 0.6) is 0 Å². The van der Waals surface area contributed by atoms with E-state index in [1.54, 1.807) is 0 Å². The van der Waals surface area contributed by atoms with Crippen molar-refractivity contribution in [3.63, 3.8) is 0 Å². The van der Waals surface area contributed by atoms with Crippen LogP contribution < -0.4 is 0 Å². The van der Waals surface area contributed by atoms with E-state index in [-0.39, 0.29) is 0 Å². The van der Waals surface area contributed by atoms with Crippen molar-refractivity contribution in [3.05, 3.63) is 60.8 Å². The van der Waals surface area contributed by atoms with Crippen LogP contribution in [0.15, 0.2) is 65.3 Å². The smallest absolute Gasteiger partial charge is 0.258 e. The summed E-state index contributed by atoms with van der Waals surface area (Å²) in [7, 11) is 0. The van der Waals surface area contributed by atoms with Gasteiger partial charge in [0.2, 0.25) is 5.82 Å². The summed E-state index contributed by atoms with van der Waals surface area (Å²) in [5.74, 6) is 1.14. The molecule has 96 valence electrons. The zero-order valence-corrected chi connectivity index (χ0v) is 10.6. The molecule has 20 heavy (non-hydrogen) atoms. The number of aromatic nitrogens is 3. The highest BCUT2D eigenvalue weighted by atomic mass is 16.5. The number of H-pyrrole nitrogens is 1. The van der Waals surface area contributed by atoms with Crippen LogP contribution in [-0.2, 0) is 0 Å². The summed E-state index contributed by atoms with van der Waals surface area (Å²) in [5, 5.41) is 5.14. The molecule has 4 rings (SSSR count). The maximum absolute atomic E-state index is 5.41. The Morgan fingerprint density at radius 2 is 1.80 bits per heavy atom. The van der Waals surface area contributed by atoms with E-state index >= 15 is 0 Å². The predicted octanol–water partition coefficient (Wildman–Crippen LogP) is 3.88. The van der Waals surface area contributed by atoms with E-state index in [0.717, 1.165) is 22.0 Å². The number of hydrogen-bond donors (Lipinski definition) is 1. The first kappa shape index (κ1) is 11.0. The lowest BCUT2D eigenvalue weighted by Gasteiger charge is -1.96. The third-order valence-electron chi connectivity index (χ3n) is 3.28. The average Bonchev–Trinajstić information content (AvgIpc) is 3.17. The topological polar surface area (TPSA) is 54.7 Å². The minimum Gasteiger partial charge on any atom is -0.361 e. The van der Waals surface area contributed by atoms with Crippen LogP contribution in [0.4, 0.5) is 0 Å². The third kappa shape index (κ3) is 1.70.